The molecule has 2 fully saturated rings. The lowest BCUT2D eigenvalue weighted by molar-refractivity contribution is -0.0893. The number of imidazole rings is 1. The number of rotatable bonds is 10. The molecule has 2 aliphatic rings. The Bertz CT molecular complexity index is 1280. The molecule has 1 aliphatic heterocycles. The molecule has 9 heteroatoms. The molecule has 220 valence electrons. The van der Waals surface area contributed by atoms with Crippen molar-refractivity contribution in [2.75, 3.05) is 40.0 Å². The van der Waals surface area contributed by atoms with E-state index in [1.54, 1.807) is 20.4 Å². The number of aliphatic hydroxyl groups is 2. The van der Waals surface area contributed by atoms with Gasteiger partial charge in [-0.15, -0.1) is 0 Å². The molecule has 2 aromatic carbocycles. The molecular formula is C32H42N4O5. The lowest BCUT2D eigenvalue weighted by atomic mass is 9.80. The number of aromatic nitrogens is 2. The van der Waals surface area contributed by atoms with E-state index in [1.165, 1.54) is 0 Å². The normalized spacial score (nSPS) is 23.8. The number of hydrogen-bond acceptors (Lipinski definition) is 7. The molecule has 9 nitrogen and oxygen atoms in total. The first-order chi connectivity index (χ1) is 19.9. The van der Waals surface area contributed by atoms with E-state index in [0.29, 0.717) is 44.8 Å². The second-order valence-corrected chi connectivity index (χ2v) is 11.3. The summed E-state index contributed by atoms with van der Waals surface area (Å²) in [6, 6.07) is 17.0. The highest BCUT2D eigenvalue weighted by molar-refractivity contribution is 5.98. The Morgan fingerprint density at radius 1 is 1.17 bits per heavy atom. The van der Waals surface area contributed by atoms with E-state index in [9.17, 15) is 15.0 Å². The second-order valence-electron chi connectivity index (χ2n) is 11.3. The number of benzene rings is 2. The van der Waals surface area contributed by atoms with Gasteiger partial charge in [-0.25, -0.2) is 4.98 Å². The number of methoxy groups -OCH3 is 1. The van der Waals surface area contributed by atoms with Crippen molar-refractivity contribution in [3.05, 3.63) is 72.2 Å². The minimum absolute atomic E-state index is 0.0538. The fourth-order valence-electron chi connectivity index (χ4n) is 6.23. The molecule has 1 aromatic heterocycles. The Labute approximate surface area is 242 Å². The van der Waals surface area contributed by atoms with Crippen LogP contribution in [0.15, 0.2) is 60.9 Å². The van der Waals surface area contributed by atoms with E-state index in [-0.39, 0.29) is 24.6 Å². The predicted octanol–water partition coefficient (Wildman–Crippen LogP) is 3.98. The molecule has 1 saturated carbocycles. The van der Waals surface area contributed by atoms with E-state index >= 15 is 0 Å². The highest BCUT2D eigenvalue weighted by atomic mass is 16.5. The highest BCUT2D eigenvalue weighted by Crippen LogP contribution is 2.41. The molecule has 1 amide bonds. The van der Waals surface area contributed by atoms with E-state index in [1.807, 2.05) is 64.1 Å². The maximum atomic E-state index is 14.2. The molecule has 4 atom stereocenters. The number of piperazine rings is 1. The van der Waals surface area contributed by atoms with Crippen molar-refractivity contribution < 1.29 is 24.5 Å². The maximum absolute atomic E-state index is 14.2. The highest BCUT2D eigenvalue weighted by Gasteiger charge is 2.42. The van der Waals surface area contributed by atoms with Gasteiger partial charge in [0.25, 0.3) is 5.91 Å². The third-order valence-corrected chi connectivity index (χ3v) is 8.42. The van der Waals surface area contributed by atoms with E-state index < -0.39 is 11.7 Å². The molecule has 1 unspecified atom stereocenters. The average molecular weight is 563 g/mol. The summed E-state index contributed by atoms with van der Waals surface area (Å²) >= 11 is 0. The number of aliphatic hydroxyl groups excluding tert-OH is 1. The quantitative estimate of drug-likeness (QED) is 0.343. The zero-order valence-corrected chi connectivity index (χ0v) is 24.0. The molecular weight excluding hydrogens is 520 g/mol. The number of nitrogens with one attached hydrogen (secondary N) is 1. The topological polar surface area (TPSA) is 109 Å². The zero-order valence-electron chi connectivity index (χ0n) is 24.0. The summed E-state index contributed by atoms with van der Waals surface area (Å²) < 4.78 is 13.4. The van der Waals surface area contributed by atoms with Crippen LogP contribution in [0.3, 0.4) is 0 Å². The Balaban J connectivity index is 1.38. The zero-order chi connectivity index (χ0) is 28.8. The van der Waals surface area contributed by atoms with Crippen LogP contribution in [0.4, 0.5) is 0 Å². The van der Waals surface area contributed by atoms with Gasteiger partial charge in [0.15, 0.2) is 5.69 Å². The summed E-state index contributed by atoms with van der Waals surface area (Å²) in [6.07, 6.45) is 5.23. The summed E-state index contributed by atoms with van der Waals surface area (Å²) in [6.45, 7) is 4.38. The SMILES string of the molecule is COC[C@]1(O)CCCC[C@H]1n1cnc(C(=O)N2CCNC[C@H]2CCOc2ccc(C(C)O)cc2)c1-c1ccccc1. The number of ether oxygens (including phenoxy) is 2. The minimum Gasteiger partial charge on any atom is -0.494 e. The molecule has 1 saturated heterocycles. The number of amides is 1. The van der Waals surface area contributed by atoms with Gasteiger partial charge in [0, 0.05) is 44.8 Å². The minimum atomic E-state index is -1.03. The maximum Gasteiger partial charge on any atom is 0.275 e. The van der Waals surface area contributed by atoms with Crippen molar-refractivity contribution in [3.63, 3.8) is 0 Å². The molecule has 1 aliphatic carbocycles. The van der Waals surface area contributed by atoms with Crippen molar-refractivity contribution in [2.45, 2.75) is 62.8 Å². The number of hydrogen-bond donors (Lipinski definition) is 3. The third-order valence-electron chi connectivity index (χ3n) is 8.42. The molecule has 3 aromatic rings. The summed E-state index contributed by atoms with van der Waals surface area (Å²) in [5.41, 5.74) is 1.86. The van der Waals surface area contributed by atoms with Crippen LogP contribution in [0.2, 0.25) is 0 Å². The molecule has 3 N–H and O–H groups in total. The van der Waals surface area contributed by atoms with Crippen LogP contribution in [-0.4, -0.2) is 82.2 Å². The molecule has 0 bridgehead atoms. The number of nitrogens with zero attached hydrogens (tertiary/aromatic N) is 3. The van der Waals surface area contributed by atoms with Gasteiger partial charge in [-0.2, -0.15) is 0 Å². The van der Waals surface area contributed by atoms with Crippen LogP contribution in [-0.2, 0) is 4.74 Å². The van der Waals surface area contributed by atoms with Crippen molar-refractivity contribution >= 4 is 5.91 Å². The summed E-state index contributed by atoms with van der Waals surface area (Å²) in [5.74, 6) is 0.624. The van der Waals surface area contributed by atoms with Crippen LogP contribution in [0.5, 0.6) is 5.75 Å². The molecule has 41 heavy (non-hydrogen) atoms. The van der Waals surface area contributed by atoms with Gasteiger partial charge in [-0.3, -0.25) is 4.79 Å². The van der Waals surface area contributed by atoms with Crippen molar-refractivity contribution in [3.8, 4) is 17.0 Å². The van der Waals surface area contributed by atoms with Crippen molar-refractivity contribution in [1.29, 1.82) is 0 Å². The predicted molar refractivity (Wildman–Crippen MR) is 157 cm³/mol. The van der Waals surface area contributed by atoms with Gasteiger partial charge >= 0.3 is 0 Å². The first kappa shape index (κ1) is 29.3. The standard InChI is InChI=1S/C32H42N4O5/c1-23(37)24-11-13-27(14-12-24)41-19-15-26-20-33-17-18-35(26)31(38)29-30(25-8-4-3-5-9-25)36(22-34-29)28-10-6-7-16-32(28,39)21-40-2/h3-5,8-9,11-14,22-23,26,28,33,37,39H,6-7,10,15-21H2,1-2H3/t23?,26-,28-,32-/m1/s1. The third kappa shape index (κ3) is 6.48. The molecule has 0 spiro atoms. The summed E-state index contributed by atoms with van der Waals surface area (Å²) in [7, 11) is 1.61. The Hall–Kier alpha value is -3.24. The lowest BCUT2D eigenvalue weighted by Gasteiger charge is -2.41. The van der Waals surface area contributed by atoms with E-state index in [0.717, 1.165) is 41.8 Å². The van der Waals surface area contributed by atoms with Crippen LogP contribution in [0, 0.1) is 0 Å². The number of carbonyl (C=O) groups is 1. The molecule has 2 heterocycles. The Morgan fingerprint density at radius 2 is 1.95 bits per heavy atom. The fourth-order valence-corrected chi connectivity index (χ4v) is 6.23. The summed E-state index contributed by atoms with van der Waals surface area (Å²) in [4.78, 5) is 20.8. The Morgan fingerprint density at radius 3 is 2.68 bits per heavy atom. The van der Waals surface area contributed by atoms with Gasteiger partial charge in [-0.05, 0) is 37.5 Å². The first-order valence-corrected chi connectivity index (χ1v) is 14.7. The van der Waals surface area contributed by atoms with Gasteiger partial charge in [0.1, 0.15) is 11.4 Å². The lowest BCUT2D eigenvalue weighted by Crippen LogP contribution is -2.54. The monoisotopic (exact) mass is 562 g/mol. The number of carbonyl (C=O) groups excluding carboxylic acids is 1. The van der Waals surface area contributed by atoms with Crippen LogP contribution < -0.4 is 10.1 Å². The van der Waals surface area contributed by atoms with Gasteiger partial charge in [0.2, 0.25) is 0 Å². The first-order valence-electron chi connectivity index (χ1n) is 14.7. The van der Waals surface area contributed by atoms with Gasteiger partial charge in [-0.1, -0.05) is 55.3 Å². The van der Waals surface area contributed by atoms with Crippen molar-refractivity contribution in [1.82, 2.24) is 19.8 Å². The van der Waals surface area contributed by atoms with Crippen LogP contribution >= 0.6 is 0 Å². The Kier molecular flexibility index (Phi) is 9.39. The van der Waals surface area contributed by atoms with Crippen LogP contribution in [0.25, 0.3) is 11.3 Å². The fraction of sp³-hybridized carbons (Fsp3) is 0.500. The summed E-state index contributed by atoms with van der Waals surface area (Å²) in [5, 5.41) is 24.8. The van der Waals surface area contributed by atoms with E-state index in [2.05, 4.69) is 5.32 Å². The van der Waals surface area contributed by atoms with Gasteiger partial charge in [0.05, 0.1) is 37.4 Å². The van der Waals surface area contributed by atoms with E-state index in [4.69, 9.17) is 14.5 Å². The molecule has 5 rings (SSSR count). The smallest absolute Gasteiger partial charge is 0.275 e. The van der Waals surface area contributed by atoms with Crippen molar-refractivity contribution in [2.24, 2.45) is 0 Å². The van der Waals surface area contributed by atoms with Crippen LogP contribution in [0.1, 0.15) is 67.2 Å². The average Bonchev–Trinajstić information content (AvgIpc) is 3.43. The second kappa shape index (κ2) is 13.2. The largest absolute Gasteiger partial charge is 0.494 e. The van der Waals surface area contributed by atoms with Gasteiger partial charge < -0.3 is 34.5 Å². The molecule has 0 radical (unpaired) electrons.